The van der Waals surface area contributed by atoms with Gasteiger partial charge in [-0.25, -0.2) is 4.98 Å². The molecule has 20 heavy (non-hydrogen) atoms. The van der Waals surface area contributed by atoms with Crippen LogP contribution in [0.4, 0.5) is 0 Å². The molecule has 0 fully saturated rings. The molecule has 1 heterocycles. The molecule has 1 unspecified atom stereocenters. The van der Waals surface area contributed by atoms with Crippen LogP contribution in [-0.2, 0) is 0 Å². The van der Waals surface area contributed by atoms with Crippen LogP contribution >= 0.6 is 0 Å². The first-order chi connectivity index (χ1) is 9.76. The molecule has 2 rings (SSSR count). The fraction of sp³-hybridized carbons (Fsp3) is 0.438. The summed E-state index contributed by atoms with van der Waals surface area (Å²) in [7, 11) is 0. The predicted molar refractivity (Wildman–Crippen MR) is 81.6 cm³/mol. The highest BCUT2D eigenvalue weighted by Crippen LogP contribution is 2.29. The SMILES string of the molecule is CCCCC(N)c1ncc(-c2ccccc2OCC)[nH]1. The van der Waals surface area contributed by atoms with Gasteiger partial charge in [0, 0.05) is 5.56 Å². The second kappa shape index (κ2) is 7.10. The van der Waals surface area contributed by atoms with E-state index >= 15 is 0 Å². The summed E-state index contributed by atoms with van der Waals surface area (Å²) in [5.74, 6) is 1.71. The molecule has 1 atom stereocenters. The zero-order valence-electron chi connectivity index (χ0n) is 12.2. The minimum Gasteiger partial charge on any atom is -0.493 e. The average Bonchev–Trinajstić information content (AvgIpc) is 2.95. The third-order valence-corrected chi connectivity index (χ3v) is 3.29. The number of para-hydroxylation sites is 1. The molecular formula is C16H23N3O. The van der Waals surface area contributed by atoms with Gasteiger partial charge in [-0.2, -0.15) is 0 Å². The monoisotopic (exact) mass is 273 g/mol. The van der Waals surface area contributed by atoms with Gasteiger partial charge in [-0.15, -0.1) is 0 Å². The minimum atomic E-state index is -0.0250. The molecule has 0 spiro atoms. The predicted octanol–water partition coefficient (Wildman–Crippen LogP) is 3.67. The molecule has 0 saturated heterocycles. The van der Waals surface area contributed by atoms with Crippen LogP contribution in [0.25, 0.3) is 11.3 Å². The van der Waals surface area contributed by atoms with Gasteiger partial charge in [0.25, 0.3) is 0 Å². The highest BCUT2D eigenvalue weighted by atomic mass is 16.5. The summed E-state index contributed by atoms with van der Waals surface area (Å²) in [4.78, 5) is 7.73. The fourth-order valence-corrected chi connectivity index (χ4v) is 2.19. The largest absolute Gasteiger partial charge is 0.493 e. The van der Waals surface area contributed by atoms with Gasteiger partial charge in [-0.1, -0.05) is 31.9 Å². The standard InChI is InChI=1S/C16H23N3O/c1-3-5-9-13(17)16-18-11-14(19-16)12-8-6-7-10-15(12)20-4-2/h6-8,10-11,13H,3-5,9,17H2,1-2H3,(H,18,19). The van der Waals surface area contributed by atoms with Crippen molar-refractivity contribution < 1.29 is 4.74 Å². The molecule has 4 nitrogen and oxygen atoms in total. The van der Waals surface area contributed by atoms with Gasteiger partial charge in [0.2, 0.25) is 0 Å². The van der Waals surface area contributed by atoms with E-state index in [-0.39, 0.29) is 6.04 Å². The highest BCUT2D eigenvalue weighted by molar-refractivity contribution is 5.66. The zero-order valence-corrected chi connectivity index (χ0v) is 12.2. The Morgan fingerprint density at radius 1 is 1.30 bits per heavy atom. The topological polar surface area (TPSA) is 63.9 Å². The molecule has 1 aromatic carbocycles. The first-order valence-electron chi connectivity index (χ1n) is 7.29. The minimum absolute atomic E-state index is 0.0250. The third kappa shape index (κ3) is 3.39. The molecule has 2 aromatic rings. The summed E-state index contributed by atoms with van der Waals surface area (Å²) in [5.41, 5.74) is 8.12. The molecule has 0 radical (unpaired) electrons. The molecule has 0 bridgehead atoms. The number of rotatable bonds is 7. The lowest BCUT2D eigenvalue weighted by Crippen LogP contribution is -2.11. The van der Waals surface area contributed by atoms with Crippen molar-refractivity contribution in [2.45, 2.75) is 39.2 Å². The Hall–Kier alpha value is -1.81. The van der Waals surface area contributed by atoms with E-state index in [2.05, 4.69) is 16.9 Å². The van der Waals surface area contributed by atoms with Gasteiger partial charge in [0.05, 0.1) is 24.5 Å². The second-order valence-electron chi connectivity index (χ2n) is 4.86. The number of aromatic nitrogens is 2. The van der Waals surface area contributed by atoms with Crippen molar-refractivity contribution in [2.24, 2.45) is 5.73 Å². The first-order valence-corrected chi connectivity index (χ1v) is 7.29. The van der Waals surface area contributed by atoms with Crippen LogP contribution in [-0.4, -0.2) is 16.6 Å². The van der Waals surface area contributed by atoms with Crippen LogP contribution in [0.2, 0.25) is 0 Å². The zero-order chi connectivity index (χ0) is 14.4. The number of aromatic amines is 1. The summed E-state index contributed by atoms with van der Waals surface area (Å²) in [6.07, 6.45) is 5.05. The van der Waals surface area contributed by atoms with Crippen LogP contribution in [0.15, 0.2) is 30.5 Å². The highest BCUT2D eigenvalue weighted by Gasteiger charge is 2.12. The van der Waals surface area contributed by atoms with Gasteiger partial charge in [-0.05, 0) is 25.5 Å². The summed E-state index contributed by atoms with van der Waals surface area (Å²) in [6.45, 7) is 4.79. The Bertz CT molecular complexity index is 536. The maximum Gasteiger partial charge on any atom is 0.128 e. The Morgan fingerprint density at radius 3 is 2.85 bits per heavy atom. The Morgan fingerprint density at radius 2 is 2.10 bits per heavy atom. The lowest BCUT2D eigenvalue weighted by molar-refractivity contribution is 0.341. The van der Waals surface area contributed by atoms with Gasteiger partial charge >= 0.3 is 0 Å². The number of nitrogens with two attached hydrogens (primary N) is 1. The number of ether oxygens (including phenoxy) is 1. The normalized spacial score (nSPS) is 12.3. The fourth-order valence-electron chi connectivity index (χ4n) is 2.19. The lowest BCUT2D eigenvalue weighted by atomic mass is 10.1. The molecule has 4 heteroatoms. The van der Waals surface area contributed by atoms with Gasteiger partial charge < -0.3 is 15.5 Å². The van der Waals surface area contributed by atoms with E-state index in [1.165, 1.54) is 0 Å². The maximum absolute atomic E-state index is 6.14. The summed E-state index contributed by atoms with van der Waals surface area (Å²) >= 11 is 0. The Kier molecular flexibility index (Phi) is 5.18. The van der Waals surface area contributed by atoms with E-state index in [0.29, 0.717) is 6.61 Å². The number of nitrogens with zero attached hydrogens (tertiary/aromatic N) is 1. The van der Waals surface area contributed by atoms with Crippen molar-refractivity contribution in [2.75, 3.05) is 6.61 Å². The van der Waals surface area contributed by atoms with Crippen LogP contribution in [0.1, 0.15) is 45.0 Å². The number of hydrogen-bond donors (Lipinski definition) is 2. The average molecular weight is 273 g/mol. The van der Waals surface area contributed by atoms with Crippen LogP contribution in [0.5, 0.6) is 5.75 Å². The molecule has 0 aliphatic rings. The lowest BCUT2D eigenvalue weighted by Gasteiger charge is -2.09. The quantitative estimate of drug-likeness (QED) is 0.809. The van der Waals surface area contributed by atoms with E-state index < -0.39 is 0 Å². The van der Waals surface area contributed by atoms with Crippen LogP contribution in [0.3, 0.4) is 0 Å². The number of benzene rings is 1. The molecule has 0 aliphatic heterocycles. The van der Waals surface area contributed by atoms with Gasteiger partial charge in [0.1, 0.15) is 11.6 Å². The first kappa shape index (κ1) is 14.6. The van der Waals surface area contributed by atoms with Crippen LogP contribution in [0, 0.1) is 0 Å². The Labute approximate surface area is 120 Å². The number of H-pyrrole nitrogens is 1. The van der Waals surface area contributed by atoms with Crippen molar-refractivity contribution in [3.05, 3.63) is 36.3 Å². The third-order valence-electron chi connectivity index (χ3n) is 3.29. The molecule has 0 aliphatic carbocycles. The molecular weight excluding hydrogens is 250 g/mol. The van der Waals surface area contributed by atoms with E-state index in [1.807, 2.05) is 37.4 Å². The second-order valence-corrected chi connectivity index (χ2v) is 4.86. The van der Waals surface area contributed by atoms with Gasteiger partial charge in [-0.3, -0.25) is 0 Å². The van der Waals surface area contributed by atoms with Crippen molar-refractivity contribution in [3.63, 3.8) is 0 Å². The molecule has 1 aromatic heterocycles. The van der Waals surface area contributed by atoms with Crippen molar-refractivity contribution in [1.82, 2.24) is 9.97 Å². The number of hydrogen-bond acceptors (Lipinski definition) is 3. The smallest absolute Gasteiger partial charge is 0.128 e. The van der Waals surface area contributed by atoms with E-state index in [9.17, 15) is 0 Å². The number of unbranched alkanes of at least 4 members (excludes halogenated alkanes) is 1. The van der Waals surface area contributed by atoms with E-state index in [0.717, 1.165) is 42.1 Å². The summed E-state index contributed by atoms with van der Waals surface area (Å²) in [5, 5.41) is 0. The van der Waals surface area contributed by atoms with E-state index in [4.69, 9.17) is 10.5 Å². The molecule has 0 amide bonds. The maximum atomic E-state index is 6.14. The van der Waals surface area contributed by atoms with Crippen molar-refractivity contribution >= 4 is 0 Å². The Balaban J connectivity index is 2.20. The molecule has 0 saturated carbocycles. The molecule has 108 valence electrons. The van der Waals surface area contributed by atoms with Crippen molar-refractivity contribution in [3.8, 4) is 17.0 Å². The number of nitrogens with one attached hydrogen (secondary N) is 1. The van der Waals surface area contributed by atoms with Gasteiger partial charge in [0.15, 0.2) is 0 Å². The summed E-state index contributed by atoms with van der Waals surface area (Å²) < 4.78 is 5.65. The summed E-state index contributed by atoms with van der Waals surface area (Å²) in [6, 6.07) is 7.94. The van der Waals surface area contributed by atoms with Crippen molar-refractivity contribution in [1.29, 1.82) is 0 Å². The van der Waals surface area contributed by atoms with Crippen LogP contribution < -0.4 is 10.5 Å². The molecule has 3 N–H and O–H groups in total. The van der Waals surface area contributed by atoms with E-state index in [1.54, 1.807) is 0 Å². The number of imidazole rings is 1.